The summed E-state index contributed by atoms with van der Waals surface area (Å²) in [4.78, 5) is 28.2. The molecule has 2 amide bonds. The van der Waals surface area contributed by atoms with Gasteiger partial charge in [-0.05, 0) is 69.7 Å². The van der Waals surface area contributed by atoms with Gasteiger partial charge in [0.1, 0.15) is 12.6 Å². The van der Waals surface area contributed by atoms with Crippen LogP contribution in [0.15, 0.2) is 77.7 Å². The summed E-state index contributed by atoms with van der Waals surface area (Å²) in [6.45, 7) is 6.58. The van der Waals surface area contributed by atoms with Gasteiger partial charge in [0, 0.05) is 22.6 Å². The first-order valence-corrected chi connectivity index (χ1v) is 14.3. The maximum atomic E-state index is 13.9. The SMILES string of the molecule is Cc1ccc(N(CC(=O)N(Cc2ccc(Cl)cc2Cl)[C@H](C)C(=O)NC(C)C)S(=O)(=O)c2ccccc2)cc1. The van der Waals surface area contributed by atoms with Gasteiger partial charge in [-0.3, -0.25) is 13.9 Å². The van der Waals surface area contributed by atoms with Crippen molar-refractivity contribution in [3.63, 3.8) is 0 Å². The second-order valence-corrected chi connectivity index (χ2v) is 12.0. The van der Waals surface area contributed by atoms with Gasteiger partial charge in [0.25, 0.3) is 10.0 Å². The standard InChI is InChI=1S/C28H31Cl2N3O4S/c1-19(2)31-28(35)21(4)32(17-22-12-13-23(29)16-26(22)30)27(34)18-33(24-14-10-20(3)11-15-24)38(36,37)25-8-6-5-7-9-25/h5-16,19,21H,17-18H2,1-4H3,(H,31,35)/t21-/m1/s1. The van der Waals surface area contributed by atoms with Crippen LogP contribution in [0.3, 0.4) is 0 Å². The number of anilines is 1. The van der Waals surface area contributed by atoms with Crippen molar-refractivity contribution in [2.45, 2.75) is 51.2 Å². The summed E-state index contributed by atoms with van der Waals surface area (Å²) in [6.07, 6.45) is 0. The van der Waals surface area contributed by atoms with E-state index >= 15 is 0 Å². The molecule has 38 heavy (non-hydrogen) atoms. The van der Waals surface area contributed by atoms with Crippen LogP contribution in [0.25, 0.3) is 0 Å². The number of benzene rings is 3. The zero-order valence-corrected chi connectivity index (χ0v) is 24.0. The Balaban J connectivity index is 2.03. The molecule has 0 aromatic heterocycles. The molecule has 0 heterocycles. The maximum Gasteiger partial charge on any atom is 0.264 e. The number of sulfonamides is 1. The summed E-state index contributed by atoms with van der Waals surface area (Å²) in [5.41, 5.74) is 1.84. The molecule has 1 N–H and O–H groups in total. The van der Waals surface area contributed by atoms with E-state index in [9.17, 15) is 18.0 Å². The molecular formula is C28H31Cl2N3O4S. The first-order chi connectivity index (χ1) is 17.9. The molecule has 202 valence electrons. The average Bonchev–Trinajstić information content (AvgIpc) is 2.87. The van der Waals surface area contributed by atoms with Crippen LogP contribution in [0.5, 0.6) is 0 Å². The molecule has 3 aromatic rings. The van der Waals surface area contributed by atoms with E-state index in [1.54, 1.807) is 67.6 Å². The Hall–Kier alpha value is -3.07. The van der Waals surface area contributed by atoms with Gasteiger partial charge in [-0.1, -0.05) is 65.2 Å². The summed E-state index contributed by atoms with van der Waals surface area (Å²) in [6, 6.07) is 18.6. The molecule has 0 aliphatic rings. The van der Waals surface area contributed by atoms with Crippen molar-refractivity contribution < 1.29 is 18.0 Å². The quantitative estimate of drug-likeness (QED) is 0.348. The zero-order valence-electron chi connectivity index (χ0n) is 21.7. The lowest BCUT2D eigenvalue weighted by Gasteiger charge is -2.32. The van der Waals surface area contributed by atoms with Gasteiger partial charge in [-0.25, -0.2) is 8.42 Å². The molecule has 3 aromatic carbocycles. The molecule has 0 radical (unpaired) electrons. The Morgan fingerprint density at radius 1 is 0.921 bits per heavy atom. The first-order valence-electron chi connectivity index (χ1n) is 12.1. The highest BCUT2D eigenvalue weighted by Gasteiger charge is 2.32. The van der Waals surface area contributed by atoms with Crippen molar-refractivity contribution in [3.05, 3.63) is 94.0 Å². The Morgan fingerprint density at radius 3 is 2.13 bits per heavy atom. The van der Waals surface area contributed by atoms with Crippen molar-refractivity contribution in [3.8, 4) is 0 Å². The lowest BCUT2D eigenvalue weighted by Crippen LogP contribution is -2.52. The number of carbonyl (C=O) groups excluding carboxylic acids is 2. The van der Waals surface area contributed by atoms with Gasteiger partial charge in [0.05, 0.1) is 10.6 Å². The van der Waals surface area contributed by atoms with E-state index in [-0.39, 0.29) is 23.4 Å². The van der Waals surface area contributed by atoms with E-state index in [2.05, 4.69) is 5.32 Å². The second kappa shape index (κ2) is 12.7. The number of nitrogens with zero attached hydrogens (tertiary/aromatic N) is 2. The largest absolute Gasteiger partial charge is 0.352 e. The zero-order chi connectivity index (χ0) is 28.0. The highest BCUT2D eigenvalue weighted by Crippen LogP contribution is 2.26. The normalized spacial score (nSPS) is 12.2. The van der Waals surface area contributed by atoms with Crippen molar-refractivity contribution in [1.29, 1.82) is 0 Å². The number of hydrogen-bond donors (Lipinski definition) is 1. The topological polar surface area (TPSA) is 86.8 Å². The van der Waals surface area contributed by atoms with E-state index in [4.69, 9.17) is 23.2 Å². The molecule has 0 aliphatic heterocycles. The van der Waals surface area contributed by atoms with Gasteiger partial charge in [0.2, 0.25) is 11.8 Å². The number of hydrogen-bond acceptors (Lipinski definition) is 4. The van der Waals surface area contributed by atoms with Crippen LogP contribution in [-0.4, -0.2) is 43.8 Å². The monoisotopic (exact) mass is 575 g/mol. The molecule has 0 fully saturated rings. The lowest BCUT2D eigenvalue weighted by atomic mass is 10.1. The molecule has 0 spiro atoms. The van der Waals surface area contributed by atoms with Gasteiger partial charge in [-0.15, -0.1) is 0 Å². The maximum absolute atomic E-state index is 13.9. The van der Waals surface area contributed by atoms with E-state index in [0.717, 1.165) is 9.87 Å². The average molecular weight is 577 g/mol. The fraction of sp³-hybridized carbons (Fsp3) is 0.286. The van der Waals surface area contributed by atoms with Crippen LogP contribution in [-0.2, 0) is 26.2 Å². The Kier molecular flexibility index (Phi) is 9.82. The molecule has 1 atom stereocenters. The molecular weight excluding hydrogens is 545 g/mol. The van der Waals surface area contributed by atoms with Crippen molar-refractivity contribution in [1.82, 2.24) is 10.2 Å². The van der Waals surface area contributed by atoms with Crippen LogP contribution < -0.4 is 9.62 Å². The fourth-order valence-electron chi connectivity index (χ4n) is 3.78. The van der Waals surface area contributed by atoms with E-state index < -0.39 is 28.5 Å². The predicted octanol–water partition coefficient (Wildman–Crippen LogP) is 5.44. The van der Waals surface area contributed by atoms with Crippen LogP contribution in [0.1, 0.15) is 31.9 Å². The lowest BCUT2D eigenvalue weighted by molar-refractivity contribution is -0.139. The highest BCUT2D eigenvalue weighted by molar-refractivity contribution is 7.92. The Morgan fingerprint density at radius 2 is 1.55 bits per heavy atom. The third kappa shape index (κ3) is 7.28. The minimum atomic E-state index is -4.11. The minimum Gasteiger partial charge on any atom is -0.352 e. The van der Waals surface area contributed by atoms with E-state index in [0.29, 0.717) is 21.3 Å². The molecule has 0 saturated carbocycles. The number of halogens is 2. The fourth-order valence-corrected chi connectivity index (χ4v) is 5.68. The predicted molar refractivity (Wildman–Crippen MR) is 152 cm³/mol. The molecule has 7 nitrogen and oxygen atoms in total. The summed E-state index contributed by atoms with van der Waals surface area (Å²) >= 11 is 12.4. The van der Waals surface area contributed by atoms with Gasteiger partial charge in [0.15, 0.2) is 0 Å². The molecule has 0 aliphatic carbocycles. The van der Waals surface area contributed by atoms with Gasteiger partial charge in [-0.2, -0.15) is 0 Å². The van der Waals surface area contributed by atoms with Crippen molar-refractivity contribution in [2.24, 2.45) is 0 Å². The molecule has 0 bridgehead atoms. The van der Waals surface area contributed by atoms with Crippen molar-refractivity contribution >= 4 is 50.7 Å². The molecule has 0 saturated heterocycles. The molecule has 10 heteroatoms. The summed E-state index contributed by atoms with van der Waals surface area (Å²) < 4.78 is 28.5. The van der Waals surface area contributed by atoms with E-state index in [1.807, 2.05) is 20.8 Å². The summed E-state index contributed by atoms with van der Waals surface area (Å²) in [7, 11) is -4.11. The number of aryl methyl sites for hydroxylation is 1. The number of rotatable bonds is 10. The highest BCUT2D eigenvalue weighted by atomic mass is 35.5. The minimum absolute atomic E-state index is 0.0192. The molecule has 3 rings (SSSR count). The van der Waals surface area contributed by atoms with E-state index in [1.165, 1.54) is 17.0 Å². The van der Waals surface area contributed by atoms with Crippen molar-refractivity contribution in [2.75, 3.05) is 10.8 Å². The van der Waals surface area contributed by atoms with Crippen LogP contribution in [0.2, 0.25) is 10.0 Å². The van der Waals surface area contributed by atoms with Gasteiger partial charge < -0.3 is 10.2 Å². The second-order valence-electron chi connectivity index (χ2n) is 9.26. The van der Waals surface area contributed by atoms with Gasteiger partial charge >= 0.3 is 0 Å². The summed E-state index contributed by atoms with van der Waals surface area (Å²) in [5, 5.41) is 3.58. The first kappa shape index (κ1) is 29.5. The number of amides is 2. The third-order valence-electron chi connectivity index (χ3n) is 5.89. The Labute approximate surface area is 234 Å². The number of nitrogens with one attached hydrogen (secondary N) is 1. The summed E-state index contributed by atoms with van der Waals surface area (Å²) in [5.74, 6) is -0.936. The number of carbonyl (C=O) groups is 2. The smallest absolute Gasteiger partial charge is 0.264 e. The third-order valence-corrected chi connectivity index (χ3v) is 8.26. The molecule has 0 unspecified atom stereocenters. The van der Waals surface area contributed by atoms with Crippen LogP contribution in [0.4, 0.5) is 5.69 Å². The van der Waals surface area contributed by atoms with Crippen LogP contribution >= 0.6 is 23.2 Å². The van der Waals surface area contributed by atoms with Crippen LogP contribution in [0, 0.1) is 6.92 Å². The Bertz CT molecular complexity index is 1380.